The molecule has 1 aromatic heterocycles. The molecule has 1 aliphatic rings. The lowest BCUT2D eigenvalue weighted by Gasteiger charge is -2.16. The van der Waals surface area contributed by atoms with Crippen molar-refractivity contribution < 1.29 is 17.6 Å². The second-order valence-corrected chi connectivity index (χ2v) is 7.92. The van der Waals surface area contributed by atoms with Crippen molar-refractivity contribution in [1.29, 1.82) is 0 Å². The number of carbonyl (C=O) groups is 1. The molecule has 0 saturated carbocycles. The van der Waals surface area contributed by atoms with Crippen molar-refractivity contribution >= 4 is 37.5 Å². The van der Waals surface area contributed by atoms with Gasteiger partial charge in [0.1, 0.15) is 0 Å². The molecule has 8 heteroatoms. The highest BCUT2D eigenvalue weighted by molar-refractivity contribution is 9.10. The summed E-state index contributed by atoms with van der Waals surface area (Å²) in [5.74, 6) is -0.295. The molecule has 0 bridgehead atoms. The molecule has 1 amide bonds. The van der Waals surface area contributed by atoms with E-state index in [0.717, 1.165) is 12.8 Å². The van der Waals surface area contributed by atoms with Gasteiger partial charge in [0.15, 0.2) is 10.4 Å². The molecule has 3 rings (SSSR count). The Hall–Kier alpha value is -1.64. The molecule has 1 N–H and O–H groups in total. The Bertz CT molecular complexity index is 826. The molecule has 0 atom stereocenters. The van der Waals surface area contributed by atoms with E-state index in [0.29, 0.717) is 23.4 Å². The largest absolute Gasteiger partial charge is 0.444 e. The smallest absolute Gasteiger partial charge is 0.291 e. The van der Waals surface area contributed by atoms with Crippen molar-refractivity contribution in [2.45, 2.75) is 17.7 Å². The van der Waals surface area contributed by atoms with Crippen LogP contribution in [0, 0.1) is 0 Å². The van der Waals surface area contributed by atoms with E-state index in [9.17, 15) is 13.2 Å². The molecule has 1 aliphatic heterocycles. The third-order valence-electron chi connectivity index (χ3n) is 3.59. The quantitative estimate of drug-likeness (QED) is 0.857. The van der Waals surface area contributed by atoms with Crippen molar-refractivity contribution in [2.24, 2.45) is 0 Å². The second-order valence-electron chi connectivity index (χ2n) is 5.20. The molecule has 0 spiro atoms. The van der Waals surface area contributed by atoms with Gasteiger partial charge in [-0.15, -0.1) is 0 Å². The number of amides is 1. The van der Waals surface area contributed by atoms with Crippen molar-refractivity contribution in [3.05, 3.63) is 46.8 Å². The second kappa shape index (κ2) is 6.46. The highest BCUT2D eigenvalue weighted by Crippen LogP contribution is 2.23. The Morgan fingerprint density at radius 3 is 2.57 bits per heavy atom. The Morgan fingerprint density at radius 1 is 1.17 bits per heavy atom. The van der Waals surface area contributed by atoms with E-state index in [1.165, 1.54) is 22.5 Å². The van der Waals surface area contributed by atoms with Crippen molar-refractivity contribution in [3.8, 4) is 0 Å². The van der Waals surface area contributed by atoms with Crippen LogP contribution in [0.4, 0.5) is 5.69 Å². The summed E-state index contributed by atoms with van der Waals surface area (Å²) in [6.45, 7) is 1.08. The summed E-state index contributed by atoms with van der Waals surface area (Å²) in [7, 11) is -3.51. The van der Waals surface area contributed by atoms with Gasteiger partial charge in [-0.2, -0.15) is 4.31 Å². The van der Waals surface area contributed by atoms with E-state index in [-0.39, 0.29) is 10.7 Å². The zero-order valence-corrected chi connectivity index (χ0v) is 14.6. The number of carbonyl (C=O) groups excluding carboxylic acids is 1. The summed E-state index contributed by atoms with van der Waals surface area (Å²) in [5.41, 5.74) is 0.405. The number of hydrogen-bond acceptors (Lipinski definition) is 4. The zero-order chi connectivity index (χ0) is 16.4. The lowest BCUT2D eigenvalue weighted by atomic mass is 10.3. The molecule has 2 aromatic rings. The average Bonchev–Trinajstić information content (AvgIpc) is 3.19. The van der Waals surface area contributed by atoms with Crippen LogP contribution in [0.25, 0.3) is 0 Å². The van der Waals surface area contributed by atoms with Crippen LogP contribution in [0.15, 0.2) is 50.4 Å². The number of benzene rings is 1. The van der Waals surface area contributed by atoms with E-state index in [4.69, 9.17) is 4.42 Å². The molecule has 6 nitrogen and oxygen atoms in total. The van der Waals surface area contributed by atoms with Gasteiger partial charge in [0.2, 0.25) is 10.0 Å². The molecule has 0 unspecified atom stereocenters. The van der Waals surface area contributed by atoms with Crippen LogP contribution in [0.2, 0.25) is 0 Å². The van der Waals surface area contributed by atoms with Gasteiger partial charge in [0, 0.05) is 18.8 Å². The molecule has 1 fully saturated rings. The third kappa shape index (κ3) is 3.49. The molecule has 0 aliphatic carbocycles. The topological polar surface area (TPSA) is 79.6 Å². The van der Waals surface area contributed by atoms with Crippen LogP contribution < -0.4 is 5.32 Å². The number of nitrogens with one attached hydrogen (secondary N) is 1. The number of rotatable bonds is 4. The lowest BCUT2D eigenvalue weighted by molar-refractivity contribution is 0.0995. The van der Waals surface area contributed by atoms with Gasteiger partial charge in [-0.25, -0.2) is 8.42 Å². The summed E-state index contributed by atoms with van der Waals surface area (Å²) in [5, 5.41) is 2.64. The molecule has 1 saturated heterocycles. The first-order valence-electron chi connectivity index (χ1n) is 7.14. The standard InChI is InChI=1S/C15H15BrN2O4S/c16-14-7-6-13(22-14)15(19)17-11-4-3-5-12(10-11)23(20,21)18-8-1-2-9-18/h3-7,10H,1-2,8-9H2,(H,17,19). The van der Waals surface area contributed by atoms with E-state index in [1.807, 2.05) is 0 Å². The monoisotopic (exact) mass is 398 g/mol. The van der Waals surface area contributed by atoms with Gasteiger partial charge in [-0.1, -0.05) is 6.07 Å². The van der Waals surface area contributed by atoms with Gasteiger partial charge in [-0.05, 0) is 59.1 Å². The van der Waals surface area contributed by atoms with E-state index in [1.54, 1.807) is 18.2 Å². The Kier molecular flexibility index (Phi) is 4.56. The van der Waals surface area contributed by atoms with Gasteiger partial charge < -0.3 is 9.73 Å². The molecule has 1 aromatic carbocycles. The summed E-state index contributed by atoms with van der Waals surface area (Å²) in [6.07, 6.45) is 1.76. The van der Waals surface area contributed by atoms with E-state index in [2.05, 4.69) is 21.2 Å². The van der Waals surface area contributed by atoms with Crippen molar-refractivity contribution in [1.82, 2.24) is 4.31 Å². The first kappa shape index (κ1) is 16.2. The van der Waals surface area contributed by atoms with Crippen LogP contribution in [0.1, 0.15) is 23.4 Å². The summed E-state index contributed by atoms with van der Waals surface area (Å²) in [6, 6.07) is 9.39. The third-order valence-corrected chi connectivity index (χ3v) is 5.91. The molecule has 23 heavy (non-hydrogen) atoms. The molecule has 122 valence electrons. The maximum atomic E-state index is 12.5. The van der Waals surface area contributed by atoms with Crippen LogP contribution in [0.3, 0.4) is 0 Å². The predicted octanol–water partition coefficient (Wildman–Crippen LogP) is 3.08. The Morgan fingerprint density at radius 2 is 1.91 bits per heavy atom. The fraction of sp³-hybridized carbons (Fsp3) is 0.267. The maximum absolute atomic E-state index is 12.5. The minimum absolute atomic E-state index is 0.143. The number of halogens is 1. The van der Waals surface area contributed by atoms with Gasteiger partial charge in [0.05, 0.1) is 4.90 Å². The van der Waals surface area contributed by atoms with Gasteiger partial charge in [-0.3, -0.25) is 4.79 Å². The molecule has 0 radical (unpaired) electrons. The Labute approximate surface area is 142 Å². The summed E-state index contributed by atoms with van der Waals surface area (Å²) >= 11 is 3.13. The van der Waals surface area contributed by atoms with Gasteiger partial charge >= 0.3 is 0 Å². The van der Waals surface area contributed by atoms with Crippen molar-refractivity contribution in [3.63, 3.8) is 0 Å². The minimum Gasteiger partial charge on any atom is -0.444 e. The molecular formula is C15H15BrN2O4S. The van der Waals surface area contributed by atoms with Crippen LogP contribution in [0.5, 0.6) is 0 Å². The number of nitrogens with zero attached hydrogens (tertiary/aromatic N) is 1. The fourth-order valence-corrected chi connectivity index (χ4v) is 4.31. The SMILES string of the molecule is O=C(Nc1cccc(S(=O)(=O)N2CCCC2)c1)c1ccc(Br)o1. The predicted molar refractivity (Wildman–Crippen MR) is 88.8 cm³/mol. The number of hydrogen-bond donors (Lipinski definition) is 1. The maximum Gasteiger partial charge on any atom is 0.291 e. The first-order chi connectivity index (χ1) is 11.0. The number of furan rings is 1. The van der Waals surface area contributed by atoms with Crippen molar-refractivity contribution in [2.75, 3.05) is 18.4 Å². The highest BCUT2D eigenvalue weighted by atomic mass is 79.9. The highest BCUT2D eigenvalue weighted by Gasteiger charge is 2.27. The number of anilines is 1. The first-order valence-corrected chi connectivity index (χ1v) is 9.37. The van der Waals surface area contributed by atoms with Gasteiger partial charge in [0.25, 0.3) is 5.91 Å². The van der Waals surface area contributed by atoms with Crippen LogP contribution >= 0.6 is 15.9 Å². The summed E-state index contributed by atoms with van der Waals surface area (Å²) in [4.78, 5) is 12.2. The van der Waals surface area contributed by atoms with Crippen LogP contribution in [-0.4, -0.2) is 31.7 Å². The molecular weight excluding hydrogens is 384 g/mol. The lowest BCUT2D eigenvalue weighted by Crippen LogP contribution is -2.27. The minimum atomic E-state index is -3.51. The molecule has 2 heterocycles. The normalized spacial score (nSPS) is 15.7. The van der Waals surface area contributed by atoms with E-state index < -0.39 is 15.9 Å². The summed E-state index contributed by atoms with van der Waals surface area (Å²) < 4.78 is 32.2. The number of sulfonamides is 1. The fourth-order valence-electron chi connectivity index (χ4n) is 2.44. The van der Waals surface area contributed by atoms with E-state index >= 15 is 0 Å². The zero-order valence-electron chi connectivity index (χ0n) is 12.2. The van der Waals surface area contributed by atoms with Crippen LogP contribution in [-0.2, 0) is 10.0 Å². The average molecular weight is 399 g/mol. The Balaban J connectivity index is 1.81.